The van der Waals surface area contributed by atoms with E-state index >= 15 is 0 Å². The molecule has 2 N–H and O–H groups in total. The predicted molar refractivity (Wildman–Crippen MR) is 66.7 cm³/mol. The van der Waals surface area contributed by atoms with E-state index in [0.717, 1.165) is 18.7 Å². The maximum atomic E-state index is 11.5. The van der Waals surface area contributed by atoms with Gasteiger partial charge in [0.2, 0.25) is 0 Å². The summed E-state index contributed by atoms with van der Waals surface area (Å²) in [5.74, 6) is 0. The van der Waals surface area contributed by atoms with Crippen LogP contribution in [0.3, 0.4) is 0 Å². The van der Waals surface area contributed by atoms with Crippen molar-refractivity contribution in [2.45, 2.75) is 26.4 Å². The van der Waals surface area contributed by atoms with Gasteiger partial charge in [0.1, 0.15) is 0 Å². The van der Waals surface area contributed by atoms with Crippen LogP contribution >= 0.6 is 0 Å². The lowest BCUT2D eigenvalue weighted by molar-refractivity contribution is 0.512. The van der Waals surface area contributed by atoms with Crippen LogP contribution in [0, 0.1) is 6.92 Å². The third kappa shape index (κ3) is 2.75. The first-order chi connectivity index (χ1) is 8.16. The van der Waals surface area contributed by atoms with E-state index in [1.54, 1.807) is 23.0 Å². The number of hydrogen-bond acceptors (Lipinski definition) is 3. The number of hydrogen-bond donors (Lipinski definition) is 1. The van der Waals surface area contributed by atoms with Gasteiger partial charge in [0.25, 0.3) is 5.56 Å². The Morgan fingerprint density at radius 3 is 2.82 bits per heavy atom. The van der Waals surface area contributed by atoms with Crippen molar-refractivity contribution in [3.8, 4) is 0 Å². The quantitative estimate of drug-likeness (QED) is 0.856. The molecule has 2 rings (SSSR count). The number of anilines is 1. The van der Waals surface area contributed by atoms with E-state index in [-0.39, 0.29) is 5.56 Å². The molecule has 0 amide bonds. The highest BCUT2D eigenvalue weighted by Crippen LogP contribution is 2.00. The van der Waals surface area contributed by atoms with Crippen LogP contribution in [0.15, 0.2) is 35.4 Å². The molecule has 2 heterocycles. The molecule has 0 saturated carbocycles. The summed E-state index contributed by atoms with van der Waals surface area (Å²) in [4.78, 5) is 11.5. The van der Waals surface area contributed by atoms with Crippen LogP contribution in [0.2, 0.25) is 0 Å². The van der Waals surface area contributed by atoms with E-state index in [1.165, 1.54) is 6.07 Å². The van der Waals surface area contributed by atoms with Gasteiger partial charge in [0, 0.05) is 42.9 Å². The molecule has 0 aliphatic rings. The lowest BCUT2D eigenvalue weighted by Gasteiger charge is -2.07. The second kappa shape index (κ2) is 4.86. The Hall–Kier alpha value is -2.04. The summed E-state index contributed by atoms with van der Waals surface area (Å²) < 4.78 is 3.56. The Bertz CT molecular complexity index is 556. The van der Waals surface area contributed by atoms with E-state index in [9.17, 15) is 4.79 Å². The van der Waals surface area contributed by atoms with Gasteiger partial charge in [-0.15, -0.1) is 0 Å². The molecule has 0 unspecified atom stereocenters. The van der Waals surface area contributed by atoms with Gasteiger partial charge < -0.3 is 10.3 Å². The number of nitrogens with two attached hydrogens (primary N) is 1. The Kier molecular flexibility index (Phi) is 3.27. The lowest BCUT2D eigenvalue weighted by Crippen LogP contribution is -2.20. The van der Waals surface area contributed by atoms with Crippen LogP contribution in [0.5, 0.6) is 0 Å². The van der Waals surface area contributed by atoms with Gasteiger partial charge in [-0.3, -0.25) is 9.48 Å². The molecule has 5 heteroatoms. The number of aryl methyl sites for hydroxylation is 3. The SMILES string of the molecule is Cc1ccnn1CCCn1cc(N)ccc1=O. The summed E-state index contributed by atoms with van der Waals surface area (Å²) in [5.41, 5.74) is 7.36. The first kappa shape index (κ1) is 11.4. The molecule has 0 aromatic carbocycles. The summed E-state index contributed by atoms with van der Waals surface area (Å²) in [7, 11) is 0. The largest absolute Gasteiger partial charge is 0.398 e. The number of nitrogen functional groups attached to an aromatic ring is 1. The molecule has 90 valence electrons. The summed E-state index contributed by atoms with van der Waals surface area (Å²) in [6.07, 6.45) is 4.31. The van der Waals surface area contributed by atoms with Crippen molar-refractivity contribution in [3.63, 3.8) is 0 Å². The van der Waals surface area contributed by atoms with Crippen molar-refractivity contribution in [2.75, 3.05) is 5.73 Å². The van der Waals surface area contributed by atoms with Gasteiger partial charge in [-0.25, -0.2) is 0 Å². The maximum Gasteiger partial charge on any atom is 0.250 e. The molecule has 0 atom stereocenters. The van der Waals surface area contributed by atoms with E-state index in [1.807, 2.05) is 17.7 Å². The first-order valence-electron chi connectivity index (χ1n) is 5.61. The number of rotatable bonds is 4. The second-order valence-corrected chi connectivity index (χ2v) is 4.04. The van der Waals surface area contributed by atoms with Gasteiger partial charge in [0.05, 0.1) is 0 Å². The lowest BCUT2D eigenvalue weighted by atomic mass is 10.3. The van der Waals surface area contributed by atoms with Crippen molar-refractivity contribution in [1.29, 1.82) is 0 Å². The average Bonchev–Trinajstić information content (AvgIpc) is 2.70. The Morgan fingerprint density at radius 1 is 1.29 bits per heavy atom. The highest BCUT2D eigenvalue weighted by Gasteiger charge is 1.99. The smallest absolute Gasteiger partial charge is 0.250 e. The number of aromatic nitrogens is 3. The van der Waals surface area contributed by atoms with Gasteiger partial charge >= 0.3 is 0 Å². The molecule has 2 aromatic heterocycles. The van der Waals surface area contributed by atoms with Gasteiger partial charge in [-0.05, 0) is 25.5 Å². The summed E-state index contributed by atoms with van der Waals surface area (Å²) in [5, 5.41) is 4.19. The zero-order chi connectivity index (χ0) is 12.3. The van der Waals surface area contributed by atoms with Crippen LogP contribution in [-0.2, 0) is 13.1 Å². The predicted octanol–water partition coefficient (Wildman–Crippen LogP) is 1.03. The molecule has 0 radical (unpaired) electrons. The van der Waals surface area contributed by atoms with Crippen molar-refractivity contribution >= 4 is 5.69 Å². The van der Waals surface area contributed by atoms with Crippen molar-refractivity contribution in [1.82, 2.24) is 14.3 Å². The van der Waals surface area contributed by atoms with Gasteiger partial charge in [-0.2, -0.15) is 5.10 Å². The van der Waals surface area contributed by atoms with E-state index < -0.39 is 0 Å². The fourth-order valence-electron chi connectivity index (χ4n) is 1.75. The van der Waals surface area contributed by atoms with Gasteiger partial charge in [0.15, 0.2) is 0 Å². The minimum Gasteiger partial charge on any atom is -0.398 e. The third-order valence-corrected chi connectivity index (χ3v) is 2.70. The second-order valence-electron chi connectivity index (χ2n) is 4.04. The Balaban J connectivity index is 1.97. The molecule has 0 fully saturated rings. The first-order valence-corrected chi connectivity index (χ1v) is 5.61. The molecule has 0 spiro atoms. The molecule has 17 heavy (non-hydrogen) atoms. The van der Waals surface area contributed by atoms with Crippen molar-refractivity contribution in [2.24, 2.45) is 0 Å². The Labute approximate surface area is 99.5 Å². The summed E-state index contributed by atoms with van der Waals surface area (Å²) in [6.45, 7) is 3.48. The highest BCUT2D eigenvalue weighted by molar-refractivity contribution is 5.33. The molecule has 0 saturated heterocycles. The topological polar surface area (TPSA) is 65.8 Å². The zero-order valence-electron chi connectivity index (χ0n) is 9.84. The van der Waals surface area contributed by atoms with Crippen LogP contribution in [0.4, 0.5) is 5.69 Å². The van der Waals surface area contributed by atoms with Crippen LogP contribution in [-0.4, -0.2) is 14.3 Å². The van der Waals surface area contributed by atoms with Crippen LogP contribution < -0.4 is 11.3 Å². The molecule has 0 aliphatic heterocycles. The van der Waals surface area contributed by atoms with E-state index in [0.29, 0.717) is 12.2 Å². The molecule has 2 aromatic rings. The molecular weight excluding hydrogens is 216 g/mol. The monoisotopic (exact) mass is 232 g/mol. The van der Waals surface area contributed by atoms with E-state index in [4.69, 9.17) is 5.73 Å². The van der Waals surface area contributed by atoms with Crippen molar-refractivity contribution in [3.05, 3.63) is 46.6 Å². The van der Waals surface area contributed by atoms with Gasteiger partial charge in [-0.1, -0.05) is 0 Å². The molecular formula is C12H16N4O. The Morgan fingerprint density at radius 2 is 2.12 bits per heavy atom. The molecule has 0 bridgehead atoms. The number of nitrogens with zero attached hydrogens (tertiary/aromatic N) is 3. The summed E-state index contributed by atoms with van der Waals surface area (Å²) in [6, 6.07) is 5.08. The highest BCUT2D eigenvalue weighted by atomic mass is 16.1. The minimum atomic E-state index is -0.0172. The fourth-order valence-corrected chi connectivity index (χ4v) is 1.75. The molecule has 5 nitrogen and oxygen atoms in total. The fraction of sp³-hybridized carbons (Fsp3) is 0.333. The van der Waals surface area contributed by atoms with Crippen molar-refractivity contribution < 1.29 is 0 Å². The average molecular weight is 232 g/mol. The maximum absolute atomic E-state index is 11.5. The number of pyridine rings is 1. The van der Waals surface area contributed by atoms with Crippen LogP contribution in [0.1, 0.15) is 12.1 Å². The molecule has 0 aliphatic carbocycles. The standard InChI is InChI=1S/C12H16N4O/c1-10-5-6-14-16(10)8-2-7-15-9-11(13)3-4-12(15)17/h3-6,9H,2,7-8,13H2,1H3. The van der Waals surface area contributed by atoms with E-state index in [2.05, 4.69) is 5.10 Å². The zero-order valence-corrected chi connectivity index (χ0v) is 9.84. The summed E-state index contributed by atoms with van der Waals surface area (Å²) >= 11 is 0. The minimum absolute atomic E-state index is 0.0172. The van der Waals surface area contributed by atoms with Crippen LogP contribution in [0.25, 0.3) is 0 Å². The normalized spacial score (nSPS) is 10.6. The third-order valence-electron chi connectivity index (χ3n) is 2.70.